The highest BCUT2D eigenvalue weighted by molar-refractivity contribution is 7.90. The standard InChI is InChI=1S/C15H23N3O2S/c1-10(2)18-14-6-5-11(3)9-13(14)17-15(18)12(16)7-8-21(4,19)20/h5-6,9-10,12H,7-8,16H2,1-4H3. The zero-order chi connectivity index (χ0) is 15.8. The number of hydrogen-bond acceptors (Lipinski definition) is 4. The highest BCUT2D eigenvalue weighted by Crippen LogP contribution is 2.26. The van der Waals surface area contributed by atoms with Gasteiger partial charge in [0.1, 0.15) is 15.7 Å². The first-order valence-corrected chi connectivity index (χ1v) is 9.17. The summed E-state index contributed by atoms with van der Waals surface area (Å²) < 4.78 is 24.7. The Kier molecular flexibility index (Phi) is 4.39. The van der Waals surface area contributed by atoms with Gasteiger partial charge in [0.25, 0.3) is 0 Å². The molecule has 0 bridgehead atoms. The summed E-state index contributed by atoms with van der Waals surface area (Å²) in [6, 6.07) is 5.96. The molecular formula is C15H23N3O2S. The fourth-order valence-corrected chi connectivity index (χ4v) is 3.18. The Morgan fingerprint density at radius 2 is 2.00 bits per heavy atom. The van der Waals surface area contributed by atoms with Gasteiger partial charge in [0, 0.05) is 12.3 Å². The van der Waals surface area contributed by atoms with E-state index in [0.29, 0.717) is 6.42 Å². The van der Waals surface area contributed by atoms with Gasteiger partial charge in [0.05, 0.1) is 22.8 Å². The van der Waals surface area contributed by atoms with Gasteiger partial charge in [-0.15, -0.1) is 0 Å². The summed E-state index contributed by atoms with van der Waals surface area (Å²) in [7, 11) is -3.01. The first-order valence-electron chi connectivity index (χ1n) is 7.11. The summed E-state index contributed by atoms with van der Waals surface area (Å²) in [5.74, 6) is 0.836. The van der Waals surface area contributed by atoms with Crippen molar-refractivity contribution in [1.82, 2.24) is 9.55 Å². The average Bonchev–Trinajstić information content (AvgIpc) is 2.73. The van der Waals surface area contributed by atoms with E-state index in [-0.39, 0.29) is 17.8 Å². The van der Waals surface area contributed by atoms with Gasteiger partial charge in [-0.2, -0.15) is 0 Å². The number of imidazole rings is 1. The van der Waals surface area contributed by atoms with Gasteiger partial charge in [-0.1, -0.05) is 6.07 Å². The lowest BCUT2D eigenvalue weighted by Crippen LogP contribution is -2.20. The molecule has 116 valence electrons. The summed E-state index contributed by atoms with van der Waals surface area (Å²) in [5.41, 5.74) is 9.29. The van der Waals surface area contributed by atoms with E-state index in [0.717, 1.165) is 22.4 Å². The van der Waals surface area contributed by atoms with Crippen molar-refractivity contribution in [2.45, 2.75) is 39.3 Å². The first kappa shape index (κ1) is 16.0. The number of rotatable bonds is 5. The SMILES string of the molecule is Cc1ccc2c(c1)nc(C(N)CCS(C)(=O)=O)n2C(C)C. The summed E-state index contributed by atoms with van der Waals surface area (Å²) in [6.07, 6.45) is 1.61. The molecule has 6 heteroatoms. The molecule has 0 fully saturated rings. The number of aryl methyl sites for hydroxylation is 1. The third-order valence-electron chi connectivity index (χ3n) is 3.52. The predicted molar refractivity (Wildman–Crippen MR) is 86.1 cm³/mol. The van der Waals surface area contributed by atoms with Gasteiger partial charge < -0.3 is 10.3 Å². The molecule has 2 N–H and O–H groups in total. The van der Waals surface area contributed by atoms with E-state index in [2.05, 4.69) is 29.5 Å². The Bertz CT molecular complexity index is 748. The summed E-state index contributed by atoms with van der Waals surface area (Å²) in [6.45, 7) is 6.18. The van der Waals surface area contributed by atoms with Crippen molar-refractivity contribution in [2.24, 2.45) is 5.73 Å². The third-order valence-corrected chi connectivity index (χ3v) is 4.50. The normalized spacial score (nSPS) is 14.0. The lowest BCUT2D eigenvalue weighted by atomic mass is 10.2. The second-order valence-electron chi connectivity index (χ2n) is 5.95. The predicted octanol–water partition coefficient (Wildman–Crippen LogP) is 2.36. The molecule has 0 aliphatic heterocycles. The van der Waals surface area contributed by atoms with Crippen molar-refractivity contribution >= 4 is 20.9 Å². The second kappa shape index (κ2) is 5.77. The van der Waals surface area contributed by atoms with Crippen LogP contribution in [0.15, 0.2) is 18.2 Å². The van der Waals surface area contributed by atoms with Crippen molar-refractivity contribution in [3.63, 3.8) is 0 Å². The van der Waals surface area contributed by atoms with Gasteiger partial charge in [0.2, 0.25) is 0 Å². The molecule has 0 saturated heterocycles. The lowest BCUT2D eigenvalue weighted by Gasteiger charge is -2.17. The Morgan fingerprint density at radius 3 is 2.57 bits per heavy atom. The monoisotopic (exact) mass is 309 g/mol. The zero-order valence-corrected chi connectivity index (χ0v) is 13.8. The number of aromatic nitrogens is 2. The van der Waals surface area contributed by atoms with Gasteiger partial charge in [-0.05, 0) is 44.9 Å². The summed E-state index contributed by atoms with van der Waals surface area (Å²) in [4.78, 5) is 4.64. The van der Waals surface area contributed by atoms with E-state index in [4.69, 9.17) is 5.73 Å². The highest BCUT2D eigenvalue weighted by Gasteiger charge is 2.20. The van der Waals surface area contributed by atoms with Crippen LogP contribution in [0, 0.1) is 6.92 Å². The van der Waals surface area contributed by atoms with Crippen molar-refractivity contribution < 1.29 is 8.42 Å². The van der Waals surface area contributed by atoms with Crippen molar-refractivity contribution in [1.29, 1.82) is 0 Å². The zero-order valence-electron chi connectivity index (χ0n) is 13.0. The molecule has 5 nitrogen and oxygen atoms in total. The van der Waals surface area contributed by atoms with E-state index in [1.165, 1.54) is 6.26 Å². The Balaban J connectivity index is 2.44. The molecule has 0 spiro atoms. The molecule has 0 radical (unpaired) electrons. The molecule has 2 rings (SSSR count). The molecule has 0 aliphatic rings. The van der Waals surface area contributed by atoms with Crippen LogP contribution in [0.3, 0.4) is 0 Å². The van der Waals surface area contributed by atoms with Crippen LogP contribution < -0.4 is 5.73 Å². The fourth-order valence-electron chi connectivity index (χ4n) is 2.50. The Morgan fingerprint density at radius 1 is 1.33 bits per heavy atom. The number of sulfone groups is 1. The van der Waals surface area contributed by atoms with Crippen LogP contribution in [-0.4, -0.2) is 30.0 Å². The maximum Gasteiger partial charge on any atom is 0.147 e. The smallest absolute Gasteiger partial charge is 0.147 e. The molecular weight excluding hydrogens is 286 g/mol. The van der Waals surface area contributed by atoms with E-state index >= 15 is 0 Å². The van der Waals surface area contributed by atoms with Crippen LogP contribution >= 0.6 is 0 Å². The largest absolute Gasteiger partial charge is 0.324 e. The fraction of sp³-hybridized carbons (Fsp3) is 0.533. The van der Waals surface area contributed by atoms with Crippen LogP contribution in [0.5, 0.6) is 0 Å². The van der Waals surface area contributed by atoms with Crippen LogP contribution in [0.4, 0.5) is 0 Å². The number of fused-ring (bicyclic) bond motifs is 1. The Hall–Kier alpha value is -1.40. The maximum atomic E-state index is 11.3. The minimum atomic E-state index is -3.01. The van der Waals surface area contributed by atoms with Crippen LogP contribution in [-0.2, 0) is 9.84 Å². The topological polar surface area (TPSA) is 78.0 Å². The minimum Gasteiger partial charge on any atom is -0.324 e. The minimum absolute atomic E-state index is 0.0779. The van der Waals surface area contributed by atoms with Gasteiger partial charge in [-0.3, -0.25) is 0 Å². The van der Waals surface area contributed by atoms with E-state index in [1.807, 2.05) is 19.1 Å². The van der Waals surface area contributed by atoms with Gasteiger partial charge in [-0.25, -0.2) is 13.4 Å². The van der Waals surface area contributed by atoms with E-state index < -0.39 is 9.84 Å². The summed E-state index contributed by atoms with van der Waals surface area (Å²) >= 11 is 0. The van der Waals surface area contributed by atoms with Crippen molar-refractivity contribution in [3.05, 3.63) is 29.6 Å². The highest BCUT2D eigenvalue weighted by atomic mass is 32.2. The molecule has 1 aromatic heterocycles. The molecule has 0 saturated carbocycles. The molecule has 1 atom stereocenters. The molecule has 0 aliphatic carbocycles. The van der Waals surface area contributed by atoms with Crippen molar-refractivity contribution in [3.8, 4) is 0 Å². The quantitative estimate of drug-likeness (QED) is 0.919. The molecule has 1 heterocycles. The molecule has 1 aromatic carbocycles. The Labute approximate surface area is 126 Å². The average molecular weight is 309 g/mol. The van der Waals surface area contributed by atoms with Gasteiger partial charge in [0.15, 0.2) is 0 Å². The van der Waals surface area contributed by atoms with E-state index in [9.17, 15) is 8.42 Å². The second-order valence-corrected chi connectivity index (χ2v) is 8.21. The van der Waals surface area contributed by atoms with Crippen LogP contribution in [0.25, 0.3) is 11.0 Å². The lowest BCUT2D eigenvalue weighted by molar-refractivity contribution is 0.531. The van der Waals surface area contributed by atoms with Gasteiger partial charge >= 0.3 is 0 Å². The maximum absolute atomic E-state index is 11.3. The van der Waals surface area contributed by atoms with Crippen molar-refractivity contribution in [2.75, 3.05) is 12.0 Å². The number of nitrogens with zero attached hydrogens (tertiary/aromatic N) is 2. The summed E-state index contributed by atoms with van der Waals surface area (Å²) in [5, 5.41) is 0. The molecule has 21 heavy (non-hydrogen) atoms. The molecule has 1 unspecified atom stereocenters. The first-order chi connectivity index (χ1) is 9.69. The van der Waals surface area contributed by atoms with Crippen LogP contribution in [0.1, 0.15) is 43.7 Å². The molecule has 2 aromatic rings. The molecule has 0 amide bonds. The number of nitrogens with two attached hydrogens (primary N) is 1. The number of benzene rings is 1. The van der Waals surface area contributed by atoms with Crippen LogP contribution in [0.2, 0.25) is 0 Å². The number of hydrogen-bond donors (Lipinski definition) is 1. The third kappa shape index (κ3) is 3.63. The van der Waals surface area contributed by atoms with E-state index in [1.54, 1.807) is 0 Å².